The predicted octanol–water partition coefficient (Wildman–Crippen LogP) is 5.94. The summed E-state index contributed by atoms with van der Waals surface area (Å²) in [5.41, 5.74) is 3.70. The summed E-state index contributed by atoms with van der Waals surface area (Å²) < 4.78 is 12.2. The summed E-state index contributed by atoms with van der Waals surface area (Å²) in [4.78, 5) is 26.9. The third-order valence-corrected chi connectivity index (χ3v) is 7.41. The van der Waals surface area contributed by atoms with Crippen LogP contribution in [0.25, 0.3) is 0 Å². The average Bonchev–Trinajstić information content (AvgIpc) is 2.72. The summed E-state index contributed by atoms with van der Waals surface area (Å²) in [6, 6.07) is 5.77. The van der Waals surface area contributed by atoms with Crippen molar-refractivity contribution in [1.82, 2.24) is 5.32 Å². The molecule has 0 bridgehead atoms. The van der Waals surface area contributed by atoms with Crippen LogP contribution in [-0.2, 0) is 14.3 Å². The zero-order valence-corrected chi connectivity index (χ0v) is 20.9. The number of carbonyl (C=O) groups excluding carboxylic acids is 2. The molecule has 1 aromatic rings. The molecule has 4 rings (SSSR count). The van der Waals surface area contributed by atoms with Gasteiger partial charge in [0.1, 0.15) is 11.9 Å². The molecule has 3 aliphatic rings. The summed E-state index contributed by atoms with van der Waals surface area (Å²) in [7, 11) is 1.62. The number of benzene rings is 1. The highest BCUT2D eigenvalue weighted by molar-refractivity contribution is 9.10. The molecule has 0 amide bonds. The second kappa shape index (κ2) is 9.05. The summed E-state index contributed by atoms with van der Waals surface area (Å²) in [5, 5.41) is 3.41. The maximum Gasteiger partial charge on any atom is 0.337 e. The molecule has 172 valence electrons. The minimum Gasteiger partial charge on any atom is -0.496 e. The summed E-state index contributed by atoms with van der Waals surface area (Å²) >= 11 is 3.57. The van der Waals surface area contributed by atoms with Crippen LogP contribution >= 0.6 is 15.9 Å². The van der Waals surface area contributed by atoms with E-state index < -0.39 is 5.92 Å². The van der Waals surface area contributed by atoms with Gasteiger partial charge in [-0.15, -0.1) is 0 Å². The molecule has 1 saturated carbocycles. The van der Waals surface area contributed by atoms with Gasteiger partial charge in [-0.2, -0.15) is 0 Å². The number of rotatable bonds is 4. The van der Waals surface area contributed by atoms with Gasteiger partial charge in [0, 0.05) is 29.3 Å². The summed E-state index contributed by atoms with van der Waals surface area (Å²) in [6.07, 6.45) is 6.38. The van der Waals surface area contributed by atoms with Gasteiger partial charge in [0.25, 0.3) is 0 Å². The smallest absolute Gasteiger partial charge is 0.337 e. The molecular formula is C26H32BrNO4. The van der Waals surface area contributed by atoms with Crippen LogP contribution in [0.15, 0.2) is 45.2 Å². The van der Waals surface area contributed by atoms with Gasteiger partial charge >= 0.3 is 5.97 Å². The zero-order valence-electron chi connectivity index (χ0n) is 19.3. The minimum absolute atomic E-state index is 0.0452. The molecule has 1 unspecified atom stereocenters. The number of ketones is 1. The number of methoxy groups -OCH3 is 1. The van der Waals surface area contributed by atoms with Gasteiger partial charge in [0.15, 0.2) is 5.78 Å². The number of Topliss-reactive ketones (excluding diaryl/α,β-unsaturated/α-hetero) is 1. The largest absolute Gasteiger partial charge is 0.496 e. The standard InChI is InChI=1S/C26H32BrNO4/c1-15-22(25(30)32-17-8-6-5-7-9-17)23(16-10-11-21(31-4)18(27)12-16)24-19(28-15)13-26(2,3)14-20(24)29/h10-12,17,23,28H,5-9,13-14H2,1-4H3. The van der Waals surface area contributed by atoms with Crippen LogP contribution in [0.2, 0.25) is 0 Å². The number of ether oxygens (including phenoxy) is 2. The molecule has 0 spiro atoms. The number of halogens is 1. The number of hydrogen-bond donors (Lipinski definition) is 1. The Labute approximate surface area is 198 Å². The second-order valence-electron chi connectivity index (χ2n) is 9.99. The van der Waals surface area contributed by atoms with E-state index in [0.717, 1.165) is 53.5 Å². The van der Waals surface area contributed by atoms with Gasteiger partial charge in [-0.1, -0.05) is 26.3 Å². The molecule has 5 nitrogen and oxygen atoms in total. The van der Waals surface area contributed by atoms with Gasteiger partial charge in [0.2, 0.25) is 0 Å². The molecule has 0 saturated heterocycles. The monoisotopic (exact) mass is 501 g/mol. The van der Waals surface area contributed by atoms with Gasteiger partial charge < -0.3 is 14.8 Å². The second-order valence-corrected chi connectivity index (χ2v) is 10.8. The van der Waals surface area contributed by atoms with Gasteiger partial charge in [0.05, 0.1) is 17.2 Å². The zero-order chi connectivity index (χ0) is 23.0. The Hall–Kier alpha value is -2.08. The van der Waals surface area contributed by atoms with Gasteiger partial charge in [-0.25, -0.2) is 4.79 Å². The van der Waals surface area contributed by atoms with Crippen molar-refractivity contribution in [3.8, 4) is 5.75 Å². The van der Waals surface area contributed by atoms with Crippen molar-refractivity contribution in [2.45, 2.75) is 77.7 Å². The normalized spacial score (nSPS) is 23.5. The van der Waals surface area contributed by atoms with E-state index in [4.69, 9.17) is 9.47 Å². The van der Waals surface area contributed by atoms with Crippen molar-refractivity contribution in [2.24, 2.45) is 5.41 Å². The fourth-order valence-corrected chi connectivity index (χ4v) is 5.86. The molecule has 0 aromatic heterocycles. The molecule has 1 aliphatic heterocycles. The van der Waals surface area contributed by atoms with Crippen molar-refractivity contribution in [1.29, 1.82) is 0 Å². The number of nitrogens with one attached hydrogen (secondary N) is 1. The maximum atomic E-state index is 13.5. The van der Waals surface area contributed by atoms with Crippen molar-refractivity contribution in [2.75, 3.05) is 7.11 Å². The number of hydrogen-bond acceptors (Lipinski definition) is 5. The molecule has 2 aliphatic carbocycles. The van der Waals surface area contributed by atoms with E-state index in [1.165, 1.54) is 6.42 Å². The molecule has 1 fully saturated rings. The highest BCUT2D eigenvalue weighted by Gasteiger charge is 2.43. The molecule has 6 heteroatoms. The topological polar surface area (TPSA) is 64.6 Å². The Morgan fingerprint density at radius 1 is 1.16 bits per heavy atom. The fourth-order valence-electron chi connectivity index (χ4n) is 5.30. The SMILES string of the molecule is COc1ccc(C2C(C(=O)OC3CCCCC3)=C(C)NC3=C2C(=O)CC(C)(C)C3)cc1Br. The summed E-state index contributed by atoms with van der Waals surface area (Å²) in [6.45, 7) is 6.14. The first kappa shape index (κ1) is 23.1. The van der Waals surface area contributed by atoms with Crippen LogP contribution in [0.5, 0.6) is 5.75 Å². The van der Waals surface area contributed by atoms with Crippen LogP contribution in [0.1, 0.15) is 77.2 Å². The maximum absolute atomic E-state index is 13.5. The first-order valence-corrected chi connectivity index (χ1v) is 12.3. The molecule has 1 aromatic carbocycles. The Morgan fingerprint density at radius 3 is 2.53 bits per heavy atom. The Bertz CT molecular complexity index is 1000. The lowest BCUT2D eigenvalue weighted by atomic mass is 9.68. The Balaban J connectivity index is 1.78. The highest BCUT2D eigenvalue weighted by atomic mass is 79.9. The third kappa shape index (κ3) is 4.52. The third-order valence-electron chi connectivity index (χ3n) is 6.79. The van der Waals surface area contributed by atoms with E-state index in [1.54, 1.807) is 7.11 Å². The van der Waals surface area contributed by atoms with Crippen molar-refractivity contribution in [3.63, 3.8) is 0 Å². The number of allylic oxidation sites excluding steroid dienone is 3. The average molecular weight is 502 g/mol. The first-order valence-electron chi connectivity index (χ1n) is 11.5. The van der Waals surface area contributed by atoms with Crippen LogP contribution in [0.4, 0.5) is 0 Å². The molecule has 32 heavy (non-hydrogen) atoms. The molecule has 1 N–H and O–H groups in total. The summed E-state index contributed by atoms with van der Waals surface area (Å²) in [5.74, 6) is 0.0346. The van der Waals surface area contributed by atoms with E-state index in [0.29, 0.717) is 23.3 Å². The van der Waals surface area contributed by atoms with Crippen molar-refractivity contribution >= 4 is 27.7 Å². The van der Waals surface area contributed by atoms with E-state index in [9.17, 15) is 9.59 Å². The van der Waals surface area contributed by atoms with Crippen molar-refractivity contribution in [3.05, 3.63) is 50.8 Å². The van der Waals surface area contributed by atoms with Gasteiger partial charge in [-0.05, 0) is 78.1 Å². The Morgan fingerprint density at radius 2 is 1.88 bits per heavy atom. The molecular weight excluding hydrogens is 470 g/mol. The van der Waals surface area contributed by atoms with Crippen LogP contribution in [0, 0.1) is 5.41 Å². The Kier molecular flexibility index (Phi) is 6.53. The van der Waals surface area contributed by atoms with E-state index in [2.05, 4.69) is 35.1 Å². The lowest BCUT2D eigenvalue weighted by Gasteiger charge is -2.39. The molecule has 1 heterocycles. The lowest BCUT2D eigenvalue weighted by Crippen LogP contribution is -2.39. The van der Waals surface area contributed by atoms with Crippen LogP contribution in [-0.4, -0.2) is 25.0 Å². The van der Waals surface area contributed by atoms with Crippen molar-refractivity contribution < 1.29 is 19.1 Å². The molecule has 0 radical (unpaired) electrons. The minimum atomic E-state index is -0.451. The van der Waals surface area contributed by atoms with Gasteiger partial charge in [-0.3, -0.25) is 4.79 Å². The van der Waals surface area contributed by atoms with E-state index in [-0.39, 0.29) is 23.3 Å². The van der Waals surface area contributed by atoms with Crippen LogP contribution in [0.3, 0.4) is 0 Å². The lowest BCUT2D eigenvalue weighted by molar-refractivity contribution is -0.146. The highest BCUT2D eigenvalue weighted by Crippen LogP contribution is 2.47. The number of esters is 1. The number of carbonyl (C=O) groups is 2. The first-order chi connectivity index (χ1) is 15.2. The van der Waals surface area contributed by atoms with E-state index in [1.807, 2.05) is 25.1 Å². The quantitative estimate of drug-likeness (QED) is 0.517. The van der Waals surface area contributed by atoms with E-state index >= 15 is 0 Å². The number of dihydropyridines is 1. The van der Waals surface area contributed by atoms with Crippen LogP contribution < -0.4 is 10.1 Å². The molecule has 1 atom stereocenters. The fraction of sp³-hybridized carbons (Fsp3) is 0.538. The predicted molar refractivity (Wildman–Crippen MR) is 127 cm³/mol.